The minimum atomic E-state index is -0.218. The average Bonchev–Trinajstić information content (AvgIpc) is 2.72. The van der Waals surface area contributed by atoms with E-state index in [1.54, 1.807) is 12.1 Å². The zero-order valence-electron chi connectivity index (χ0n) is 11.3. The molecule has 4 heteroatoms. The summed E-state index contributed by atoms with van der Waals surface area (Å²) >= 11 is 0. The molecular weight excluding hydrogens is 241 g/mol. The molecule has 1 aliphatic carbocycles. The normalized spacial score (nSPS) is 30.7. The predicted octanol–water partition coefficient (Wildman–Crippen LogP) is 2.91. The van der Waals surface area contributed by atoms with E-state index in [1.165, 1.54) is 25.0 Å². The summed E-state index contributed by atoms with van der Waals surface area (Å²) in [7, 11) is 0. The first-order valence-electron chi connectivity index (χ1n) is 6.96. The van der Waals surface area contributed by atoms with E-state index in [-0.39, 0.29) is 11.4 Å². The van der Waals surface area contributed by atoms with Crippen LogP contribution in [0.15, 0.2) is 29.3 Å². The smallest absolute Gasteiger partial charge is 0.196 e. The molecule has 0 radical (unpaired) electrons. The van der Waals surface area contributed by atoms with Gasteiger partial charge in [0, 0.05) is 5.69 Å². The largest absolute Gasteiger partial charge is 0.369 e. The molecule has 3 nitrogen and oxygen atoms in total. The van der Waals surface area contributed by atoms with E-state index in [2.05, 4.69) is 16.8 Å². The molecule has 1 aliphatic heterocycles. The lowest BCUT2D eigenvalue weighted by Crippen LogP contribution is -2.53. The Balaban J connectivity index is 1.92. The van der Waals surface area contributed by atoms with Gasteiger partial charge in [0.1, 0.15) is 5.82 Å². The van der Waals surface area contributed by atoms with E-state index in [0.717, 1.165) is 31.0 Å². The minimum absolute atomic E-state index is 0.0222. The second-order valence-corrected chi connectivity index (χ2v) is 5.89. The summed E-state index contributed by atoms with van der Waals surface area (Å²) in [6.07, 6.45) is 4.63. The van der Waals surface area contributed by atoms with E-state index in [0.29, 0.717) is 5.96 Å². The van der Waals surface area contributed by atoms with Crippen LogP contribution in [0, 0.1) is 11.7 Å². The third kappa shape index (κ3) is 2.09. The number of rotatable bonds is 1. The topological polar surface area (TPSA) is 41.6 Å². The Morgan fingerprint density at radius 3 is 2.53 bits per heavy atom. The molecule has 0 aromatic heterocycles. The molecule has 2 aliphatic rings. The number of hydrogen-bond acceptors (Lipinski definition) is 3. The van der Waals surface area contributed by atoms with E-state index in [4.69, 9.17) is 5.73 Å². The molecular formula is C15H20FN3. The van der Waals surface area contributed by atoms with Gasteiger partial charge in [0.15, 0.2) is 5.96 Å². The molecule has 1 heterocycles. The molecule has 0 saturated heterocycles. The van der Waals surface area contributed by atoms with Crippen molar-refractivity contribution < 1.29 is 4.39 Å². The van der Waals surface area contributed by atoms with E-state index < -0.39 is 0 Å². The summed E-state index contributed by atoms with van der Waals surface area (Å²) in [5.41, 5.74) is 7.05. The Labute approximate surface area is 113 Å². The molecule has 1 aromatic rings. The van der Waals surface area contributed by atoms with E-state index in [1.807, 2.05) is 0 Å². The molecule has 19 heavy (non-hydrogen) atoms. The van der Waals surface area contributed by atoms with Crippen LogP contribution in [0.3, 0.4) is 0 Å². The van der Waals surface area contributed by atoms with Gasteiger partial charge in [-0.2, -0.15) is 0 Å². The highest BCUT2D eigenvalue weighted by atomic mass is 19.1. The SMILES string of the molecule is CC1CCC2(CC1)CN=C(N)N2c1ccc(F)cc1. The minimum Gasteiger partial charge on any atom is -0.369 e. The zero-order valence-corrected chi connectivity index (χ0v) is 11.3. The van der Waals surface area contributed by atoms with Crippen molar-refractivity contribution >= 4 is 11.6 Å². The van der Waals surface area contributed by atoms with Crippen LogP contribution in [0.2, 0.25) is 0 Å². The molecule has 1 saturated carbocycles. The standard InChI is InChI=1S/C15H20FN3/c1-11-6-8-15(9-7-11)10-18-14(17)19(15)13-4-2-12(16)3-5-13/h2-5,11H,6-10H2,1H3,(H2,17,18). The fourth-order valence-corrected chi connectivity index (χ4v) is 3.29. The van der Waals surface area contributed by atoms with Crippen LogP contribution in [0.1, 0.15) is 32.6 Å². The highest BCUT2D eigenvalue weighted by Gasteiger charge is 2.44. The Morgan fingerprint density at radius 1 is 1.26 bits per heavy atom. The Morgan fingerprint density at radius 2 is 1.89 bits per heavy atom. The monoisotopic (exact) mass is 261 g/mol. The molecule has 0 bridgehead atoms. The van der Waals surface area contributed by atoms with Gasteiger partial charge in [-0.15, -0.1) is 0 Å². The third-order valence-corrected chi connectivity index (χ3v) is 4.53. The maximum absolute atomic E-state index is 13.1. The summed E-state index contributed by atoms with van der Waals surface area (Å²) in [5.74, 6) is 1.13. The van der Waals surface area contributed by atoms with E-state index in [9.17, 15) is 4.39 Å². The molecule has 1 fully saturated rings. The lowest BCUT2D eigenvalue weighted by Gasteiger charge is -2.43. The summed E-state index contributed by atoms with van der Waals surface area (Å²) in [4.78, 5) is 6.57. The first-order valence-corrected chi connectivity index (χ1v) is 6.96. The van der Waals surface area contributed by atoms with Crippen LogP contribution in [0.25, 0.3) is 0 Å². The van der Waals surface area contributed by atoms with Crippen molar-refractivity contribution in [1.82, 2.24) is 0 Å². The fraction of sp³-hybridized carbons (Fsp3) is 0.533. The lowest BCUT2D eigenvalue weighted by atomic mass is 9.76. The highest BCUT2D eigenvalue weighted by Crippen LogP contribution is 2.41. The van der Waals surface area contributed by atoms with Gasteiger partial charge in [0.2, 0.25) is 0 Å². The molecule has 0 unspecified atom stereocenters. The maximum atomic E-state index is 13.1. The van der Waals surface area contributed by atoms with Gasteiger partial charge in [-0.05, 0) is 55.9 Å². The fourth-order valence-electron chi connectivity index (χ4n) is 3.29. The number of nitrogens with two attached hydrogens (primary N) is 1. The van der Waals surface area contributed by atoms with Gasteiger partial charge >= 0.3 is 0 Å². The number of guanidine groups is 1. The summed E-state index contributed by atoms with van der Waals surface area (Å²) < 4.78 is 13.1. The highest BCUT2D eigenvalue weighted by molar-refractivity contribution is 5.98. The lowest BCUT2D eigenvalue weighted by molar-refractivity contribution is 0.261. The molecule has 1 spiro atoms. The summed E-state index contributed by atoms with van der Waals surface area (Å²) in [6.45, 7) is 3.07. The molecule has 0 atom stereocenters. The number of nitrogens with zero attached hydrogens (tertiary/aromatic N) is 2. The van der Waals surface area contributed by atoms with Gasteiger partial charge in [-0.3, -0.25) is 4.99 Å². The quantitative estimate of drug-likeness (QED) is 0.844. The first-order chi connectivity index (χ1) is 9.11. The third-order valence-electron chi connectivity index (χ3n) is 4.53. The number of aliphatic imine (C=N–C) groups is 1. The molecule has 0 amide bonds. The number of hydrogen-bond donors (Lipinski definition) is 1. The van der Waals surface area contributed by atoms with Crippen LogP contribution in [0.4, 0.5) is 10.1 Å². The van der Waals surface area contributed by atoms with Crippen LogP contribution in [0.5, 0.6) is 0 Å². The second-order valence-electron chi connectivity index (χ2n) is 5.89. The Kier molecular flexibility index (Phi) is 2.96. The van der Waals surface area contributed by atoms with Gasteiger partial charge in [-0.1, -0.05) is 6.92 Å². The summed E-state index contributed by atoms with van der Waals surface area (Å²) in [6, 6.07) is 6.56. The average molecular weight is 261 g/mol. The van der Waals surface area contributed by atoms with Gasteiger partial charge in [-0.25, -0.2) is 4.39 Å². The Hall–Kier alpha value is -1.58. The molecule has 2 N–H and O–H groups in total. The first kappa shape index (κ1) is 12.5. The summed E-state index contributed by atoms with van der Waals surface area (Å²) in [5, 5.41) is 0. The molecule has 102 valence electrons. The van der Waals surface area contributed by atoms with Crippen molar-refractivity contribution in [1.29, 1.82) is 0 Å². The number of halogens is 1. The van der Waals surface area contributed by atoms with Gasteiger partial charge in [0.25, 0.3) is 0 Å². The van der Waals surface area contributed by atoms with Crippen LogP contribution in [-0.2, 0) is 0 Å². The van der Waals surface area contributed by atoms with Crippen molar-refractivity contribution in [2.75, 3.05) is 11.4 Å². The molecule has 3 rings (SSSR count). The molecule has 1 aromatic carbocycles. The predicted molar refractivity (Wildman–Crippen MR) is 75.7 cm³/mol. The van der Waals surface area contributed by atoms with Crippen molar-refractivity contribution in [2.45, 2.75) is 38.1 Å². The van der Waals surface area contributed by atoms with Crippen molar-refractivity contribution in [3.05, 3.63) is 30.1 Å². The van der Waals surface area contributed by atoms with Crippen molar-refractivity contribution in [3.63, 3.8) is 0 Å². The van der Waals surface area contributed by atoms with Crippen LogP contribution >= 0.6 is 0 Å². The van der Waals surface area contributed by atoms with Gasteiger partial charge in [0.05, 0.1) is 12.1 Å². The second kappa shape index (κ2) is 4.51. The maximum Gasteiger partial charge on any atom is 0.196 e. The van der Waals surface area contributed by atoms with E-state index >= 15 is 0 Å². The van der Waals surface area contributed by atoms with Crippen molar-refractivity contribution in [3.8, 4) is 0 Å². The number of benzene rings is 1. The van der Waals surface area contributed by atoms with Gasteiger partial charge < -0.3 is 10.6 Å². The Bertz CT molecular complexity index is 487. The van der Waals surface area contributed by atoms with Crippen molar-refractivity contribution in [2.24, 2.45) is 16.6 Å². The number of anilines is 1. The zero-order chi connectivity index (χ0) is 13.5. The van der Waals surface area contributed by atoms with Crippen LogP contribution < -0.4 is 10.6 Å². The van der Waals surface area contributed by atoms with Crippen LogP contribution in [-0.4, -0.2) is 18.0 Å².